The van der Waals surface area contributed by atoms with E-state index in [1.165, 1.54) is 24.5 Å². The van der Waals surface area contributed by atoms with Gasteiger partial charge in [-0.2, -0.15) is 13.2 Å². The van der Waals surface area contributed by atoms with E-state index in [1.54, 1.807) is 23.9 Å². The highest BCUT2D eigenvalue weighted by Crippen LogP contribution is 2.33. The van der Waals surface area contributed by atoms with Gasteiger partial charge < -0.3 is 5.73 Å². The van der Waals surface area contributed by atoms with Gasteiger partial charge in [0.05, 0.1) is 11.3 Å². The number of benzene rings is 1. The number of aryl methyl sites for hydroxylation is 1. The van der Waals surface area contributed by atoms with E-state index in [0.717, 1.165) is 41.0 Å². The van der Waals surface area contributed by atoms with Gasteiger partial charge in [0.25, 0.3) is 0 Å². The van der Waals surface area contributed by atoms with Crippen molar-refractivity contribution in [3.05, 3.63) is 65.6 Å². The third kappa shape index (κ3) is 18.9. The molecule has 1 aromatic carbocycles. The molecular weight excluding hydrogens is 532 g/mol. The second kappa shape index (κ2) is 21.6. The Labute approximate surface area is 235 Å². The van der Waals surface area contributed by atoms with Crippen LogP contribution >= 0.6 is 24.0 Å². The van der Waals surface area contributed by atoms with Gasteiger partial charge in [0.1, 0.15) is 5.82 Å². The van der Waals surface area contributed by atoms with Gasteiger partial charge in [0.15, 0.2) is 0 Å². The van der Waals surface area contributed by atoms with Crippen molar-refractivity contribution < 1.29 is 22.4 Å². The minimum Gasteiger partial charge on any atom is -0.370 e. The van der Waals surface area contributed by atoms with Crippen LogP contribution in [0.1, 0.15) is 84.9 Å². The van der Waals surface area contributed by atoms with E-state index >= 15 is 0 Å². The molecule has 1 heterocycles. The number of nitrogens with zero attached hydrogens (tertiary/aromatic N) is 1. The molecular formula is C29H42F4N2OS2. The number of thioether (sulfide) groups is 1. The molecule has 2 rings (SSSR count). The fraction of sp³-hybridized carbons (Fsp3) is 0.483. The quantitative estimate of drug-likeness (QED) is 0.140. The highest BCUT2D eigenvalue weighted by atomic mass is 32.2. The van der Waals surface area contributed by atoms with E-state index in [9.17, 15) is 22.4 Å². The van der Waals surface area contributed by atoms with Crippen molar-refractivity contribution >= 4 is 34.1 Å². The standard InChI is InChI=1S/C14H11F4N.C7H15NO.C6H10S2.C2H6/c1-2-10-4-3-5-13(19-10)11-8-9(14(16,17)18)6-7-12(11)15;1-2-3-4-5-6-7(8)9;1-5(2)4-8-6(3)7;1-2/h3-8H,2H2,1H3;2-6H2,1H3,(H2,8,9);1,4H2,2-3H3;1-2H3. The molecule has 0 saturated heterocycles. The predicted molar refractivity (Wildman–Crippen MR) is 159 cm³/mol. The first kappa shape index (κ1) is 37.9. The molecule has 0 saturated carbocycles. The van der Waals surface area contributed by atoms with E-state index in [1.807, 2.05) is 34.6 Å². The summed E-state index contributed by atoms with van der Waals surface area (Å²) in [5.74, 6) is 0.0786. The number of alkyl halides is 3. The second-order valence-corrected chi connectivity index (χ2v) is 10.1. The largest absolute Gasteiger partial charge is 0.416 e. The fourth-order valence-electron chi connectivity index (χ4n) is 2.68. The van der Waals surface area contributed by atoms with Gasteiger partial charge in [-0.15, -0.1) is 11.8 Å². The lowest BCUT2D eigenvalue weighted by atomic mass is 10.1. The van der Waals surface area contributed by atoms with Gasteiger partial charge >= 0.3 is 6.18 Å². The molecule has 0 unspecified atom stereocenters. The molecule has 0 aliphatic rings. The molecule has 9 heteroatoms. The summed E-state index contributed by atoms with van der Waals surface area (Å²) in [7, 11) is 0. The summed E-state index contributed by atoms with van der Waals surface area (Å²) < 4.78 is 52.5. The van der Waals surface area contributed by atoms with Crippen molar-refractivity contribution in [3.8, 4) is 11.3 Å². The third-order valence-electron chi connectivity index (χ3n) is 4.54. The van der Waals surface area contributed by atoms with Crippen molar-refractivity contribution in [2.75, 3.05) is 5.75 Å². The summed E-state index contributed by atoms with van der Waals surface area (Å²) >= 11 is 6.51. The molecule has 0 fully saturated rings. The zero-order valence-electron chi connectivity index (χ0n) is 23.4. The fourth-order valence-corrected chi connectivity index (χ4v) is 3.30. The molecule has 0 radical (unpaired) electrons. The normalized spacial score (nSPS) is 10.1. The van der Waals surface area contributed by atoms with Crippen LogP contribution in [0.15, 0.2) is 48.6 Å². The Morgan fingerprint density at radius 3 is 2.16 bits per heavy atom. The maximum absolute atomic E-state index is 13.7. The number of primary amides is 1. The highest BCUT2D eigenvalue weighted by Gasteiger charge is 2.31. The smallest absolute Gasteiger partial charge is 0.370 e. The molecule has 2 N–H and O–H groups in total. The molecule has 2 aromatic rings. The van der Waals surface area contributed by atoms with Gasteiger partial charge in [0, 0.05) is 27.6 Å². The average molecular weight is 575 g/mol. The van der Waals surface area contributed by atoms with Gasteiger partial charge in [0.2, 0.25) is 5.91 Å². The number of thiocarbonyl (C=S) groups is 1. The second-order valence-electron chi connectivity index (χ2n) is 8.07. The van der Waals surface area contributed by atoms with E-state index in [2.05, 4.69) is 18.5 Å². The van der Waals surface area contributed by atoms with Crippen LogP contribution in [0.3, 0.4) is 0 Å². The number of hydrogen-bond acceptors (Lipinski definition) is 4. The Kier molecular flexibility index (Phi) is 21.6. The topological polar surface area (TPSA) is 56.0 Å². The lowest BCUT2D eigenvalue weighted by Gasteiger charge is -2.10. The summed E-state index contributed by atoms with van der Waals surface area (Å²) in [5, 5.41) is 0. The number of aromatic nitrogens is 1. The molecule has 1 aromatic heterocycles. The van der Waals surface area contributed by atoms with Crippen LogP contribution in [0.25, 0.3) is 11.3 Å². The Balaban J connectivity index is 0. The van der Waals surface area contributed by atoms with E-state index in [4.69, 9.17) is 18.0 Å². The number of rotatable bonds is 9. The number of carbonyl (C=O) groups excluding carboxylic acids is 1. The summed E-state index contributed by atoms with van der Waals surface area (Å²) in [4.78, 5) is 14.3. The minimum atomic E-state index is -4.50. The van der Waals surface area contributed by atoms with Crippen molar-refractivity contribution in [1.82, 2.24) is 4.98 Å². The first-order chi connectivity index (χ1) is 17.8. The zero-order valence-corrected chi connectivity index (χ0v) is 25.0. The maximum atomic E-state index is 13.7. The molecule has 38 heavy (non-hydrogen) atoms. The third-order valence-corrected chi connectivity index (χ3v) is 5.93. The van der Waals surface area contributed by atoms with Gasteiger partial charge in [-0.25, -0.2) is 4.39 Å². The zero-order chi connectivity index (χ0) is 29.7. The lowest BCUT2D eigenvalue weighted by Crippen LogP contribution is -2.09. The van der Waals surface area contributed by atoms with Crippen LogP contribution in [-0.4, -0.2) is 20.8 Å². The maximum Gasteiger partial charge on any atom is 0.416 e. The SMILES string of the molecule is C=C(C)CSC(C)=S.CC.CCCCCCC(N)=O.CCc1cccc(-c2cc(C(F)(F)F)ccc2F)n1. The van der Waals surface area contributed by atoms with E-state index < -0.39 is 17.6 Å². The number of nitrogens with two attached hydrogens (primary N) is 1. The summed E-state index contributed by atoms with van der Waals surface area (Å²) in [6.45, 7) is 15.7. The lowest BCUT2D eigenvalue weighted by molar-refractivity contribution is -0.137. The monoisotopic (exact) mass is 574 g/mol. The van der Waals surface area contributed by atoms with Gasteiger partial charge in [-0.05, 0) is 57.0 Å². The Hall–Kier alpha value is -2.26. The van der Waals surface area contributed by atoms with Crippen molar-refractivity contribution in [2.45, 2.75) is 86.2 Å². The van der Waals surface area contributed by atoms with Crippen LogP contribution in [0.4, 0.5) is 17.6 Å². The Morgan fingerprint density at radius 1 is 1.08 bits per heavy atom. The molecule has 3 nitrogen and oxygen atoms in total. The number of carbonyl (C=O) groups is 1. The number of pyridine rings is 1. The van der Waals surface area contributed by atoms with Crippen LogP contribution in [0.2, 0.25) is 0 Å². The summed E-state index contributed by atoms with van der Waals surface area (Å²) in [6, 6.07) is 7.23. The predicted octanol–water partition coefficient (Wildman–Crippen LogP) is 9.58. The summed E-state index contributed by atoms with van der Waals surface area (Å²) in [6.07, 6.45) is 1.22. The molecule has 0 bridgehead atoms. The van der Waals surface area contributed by atoms with E-state index in [0.29, 0.717) is 18.5 Å². The highest BCUT2D eigenvalue weighted by molar-refractivity contribution is 8.23. The number of halogens is 4. The van der Waals surface area contributed by atoms with Crippen molar-refractivity contribution in [3.63, 3.8) is 0 Å². The van der Waals surface area contributed by atoms with Crippen molar-refractivity contribution in [2.24, 2.45) is 5.73 Å². The molecule has 214 valence electrons. The minimum absolute atomic E-state index is 0.134. The molecule has 1 amide bonds. The van der Waals surface area contributed by atoms with E-state index in [-0.39, 0.29) is 17.2 Å². The van der Waals surface area contributed by atoms with Crippen molar-refractivity contribution in [1.29, 1.82) is 0 Å². The molecule has 0 atom stereocenters. The summed E-state index contributed by atoms with van der Waals surface area (Å²) in [5.41, 5.74) is 6.01. The van der Waals surface area contributed by atoms with Crippen LogP contribution in [0.5, 0.6) is 0 Å². The van der Waals surface area contributed by atoms with Gasteiger partial charge in [-0.1, -0.05) is 77.4 Å². The van der Waals surface area contributed by atoms with Crippen LogP contribution in [0, 0.1) is 5.82 Å². The number of hydrogen-bond donors (Lipinski definition) is 1. The molecule has 0 aliphatic heterocycles. The van der Waals surface area contributed by atoms with Crippen LogP contribution < -0.4 is 5.73 Å². The number of unbranched alkanes of at least 4 members (excludes halogenated alkanes) is 3. The number of amides is 1. The first-order valence-corrected chi connectivity index (χ1v) is 14.1. The molecule has 0 spiro atoms. The first-order valence-electron chi connectivity index (χ1n) is 12.7. The molecule has 0 aliphatic carbocycles. The van der Waals surface area contributed by atoms with Crippen LogP contribution in [-0.2, 0) is 17.4 Å². The van der Waals surface area contributed by atoms with Gasteiger partial charge in [-0.3, -0.25) is 9.78 Å². The Morgan fingerprint density at radius 2 is 1.71 bits per heavy atom. The Bertz CT molecular complexity index is 965. The average Bonchev–Trinajstić information content (AvgIpc) is 2.87.